The van der Waals surface area contributed by atoms with Gasteiger partial charge in [-0.15, -0.1) is 0 Å². The Morgan fingerprint density at radius 1 is 1.19 bits per heavy atom. The second-order valence-corrected chi connectivity index (χ2v) is 4.59. The smallest absolute Gasteiger partial charge is 0.260 e. The van der Waals surface area contributed by atoms with Gasteiger partial charge in [0, 0.05) is 18.0 Å². The van der Waals surface area contributed by atoms with Gasteiger partial charge in [0.05, 0.1) is 12.7 Å². The van der Waals surface area contributed by atoms with Crippen LogP contribution in [0.1, 0.15) is 5.56 Å². The first kappa shape index (κ1) is 13.1. The Morgan fingerprint density at radius 3 is 2.76 bits per heavy atom. The minimum absolute atomic E-state index is 0.355. The average Bonchev–Trinajstić information content (AvgIpc) is 2.96. The molecule has 2 N–H and O–H groups in total. The second kappa shape index (κ2) is 5.24. The highest BCUT2D eigenvalue weighted by atomic mass is 16.5. The molecule has 0 saturated heterocycles. The molecule has 3 aromatic rings. The number of hydrogen-bond acceptors (Lipinski definition) is 6. The van der Waals surface area contributed by atoms with Crippen molar-refractivity contribution >= 4 is 5.69 Å². The van der Waals surface area contributed by atoms with Gasteiger partial charge in [-0.3, -0.25) is 4.98 Å². The van der Waals surface area contributed by atoms with Crippen LogP contribution in [-0.2, 0) is 0 Å². The van der Waals surface area contributed by atoms with Crippen LogP contribution >= 0.6 is 0 Å². The molecule has 2 aromatic heterocycles. The third-order valence-electron chi connectivity index (χ3n) is 3.06. The number of aryl methyl sites for hydroxylation is 1. The number of nitrogens with two attached hydrogens (primary N) is 1. The van der Waals surface area contributed by atoms with E-state index in [0.29, 0.717) is 34.4 Å². The molecule has 6 heteroatoms. The summed E-state index contributed by atoms with van der Waals surface area (Å²) in [4.78, 5) is 8.58. The largest absolute Gasteiger partial charge is 0.497 e. The molecule has 0 spiro atoms. The lowest BCUT2D eigenvalue weighted by Crippen LogP contribution is -1.92. The fourth-order valence-electron chi connectivity index (χ4n) is 1.96. The van der Waals surface area contributed by atoms with Gasteiger partial charge < -0.3 is 15.0 Å². The molecule has 0 aliphatic carbocycles. The number of hydrogen-bond donors (Lipinski definition) is 1. The molecule has 0 radical (unpaired) electrons. The van der Waals surface area contributed by atoms with E-state index in [-0.39, 0.29) is 0 Å². The summed E-state index contributed by atoms with van der Waals surface area (Å²) in [5.41, 5.74) is 8.90. The van der Waals surface area contributed by atoms with Crippen LogP contribution in [0.25, 0.3) is 23.0 Å². The topological polar surface area (TPSA) is 87.1 Å². The fourth-order valence-corrected chi connectivity index (χ4v) is 1.96. The maximum atomic E-state index is 5.98. The van der Waals surface area contributed by atoms with Crippen LogP contribution in [0.5, 0.6) is 5.75 Å². The number of anilines is 1. The SMILES string of the molecule is COc1ccc(-c2nc(-c3cc(C)ccn3)no2)c(N)c1. The first-order valence-corrected chi connectivity index (χ1v) is 6.38. The van der Waals surface area contributed by atoms with Crippen molar-refractivity contribution in [2.24, 2.45) is 0 Å². The van der Waals surface area contributed by atoms with Crippen molar-refractivity contribution in [3.05, 3.63) is 42.1 Å². The zero-order valence-corrected chi connectivity index (χ0v) is 11.7. The molecular weight excluding hydrogens is 268 g/mol. The van der Waals surface area contributed by atoms with Gasteiger partial charge in [0.2, 0.25) is 5.82 Å². The Bertz CT molecular complexity index is 783. The van der Waals surface area contributed by atoms with Crippen molar-refractivity contribution in [2.45, 2.75) is 6.92 Å². The van der Waals surface area contributed by atoms with Gasteiger partial charge in [-0.05, 0) is 36.8 Å². The molecule has 6 nitrogen and oxygen atoms in total. The molecule has 106 valence electrons. The normalized spacial score (nSPS) is 10.6. The van der Waals surface area contributed by atoms with E-state index in [9.17, 15) is 0 Å². The van der Waals surface area contributed by atoms with Gasteiger partial charge in [-0.1, -0.05) is 5.16 Å². The standard InChI is InChI=1S/C15H14N4O2/c1-9-5-6-17-13(7-9)14-18-15(21-19-14)11-4-3-10(20-2)8-12(11)16/h3-8H,16H2,1-2H3. The zero-order chi connectivity index (χ0) is 14.8. The Balaban J connectivity index is 1.98. The predicted molar refractivity (Wildman–Crippen MR) is 78.7 cm³/mol. The summed E-state index contributed by atoms with van der Waals surface area (Å²) in [5, 5.41) is 3.95. The van der Waals surface area contributed by atoms with Gasteiger partial charge in [0.15, 0.2) is 0 Å². The number of nitrogen functional groups attached to an aromatic ring is 1. The quantitative estimate of drug-likeness (QED) is 0.743. The highest BCUT2D eigenvalue weighted by Gasteiger charge is 2.14. The van der Waals surface area contributed by atoms with Gasteiger partial charge in [0.25, 0.3) is 5.89 Å². The molecule has 0 amide bonds. The molecule has 3 rings (SSSR count). The summed E-state index contributed by atoms with van der Waals surface area (Å²) in [6.45, 7) is 1.98. The minimum atomic E-state index is 0.355. The number of aromatic nitrogens is 3. The summed E-state index contributed by atoms with van der Waals surface area (Å²) in [5.74, 6) is 1.47. The Hall–Kier alpha value is -2.89. The van der Waals surface area contributed by atoms with Gasteiger partial charge in [-0.2, -0.15) is 4.98 Å². The summed E-state index contributed by atoms with van der Waals surface area (Å²) < 4.78 is 10.4. The van der Waals surface area contributed by atoms with Crippen LogP contribution < -0.4 is 10.5 Å². The summed E-state index contributed by atoms with van der Waals surface area (Å²) in [6, 6.07) is 9.09. The van der Waals surface area contributed by atoms with Crippen molar-refractivity contribution in [3.63, 3.8) is 0 Å². The monoisotopic (exact) mass is 282 g/mol. The molecule has 0 aliphatic heterocycles. The predicted octanol–water partition coefficient (Wildman–Crippen LogP) is 2.70. The van der Waals surface area contributed by atoms with Crippen molar-refractivity contribution in [1.29, 1.82) is 0 Å². The molecule has 21 heavy (non-hydrogen) atoms. The summed E-state index contributed by atoms with van der Waals surface area (Å²) >= 11 is 0. The van der Waals surface area contributed by atoms with Crippen molar-refractivity contribution in [3.8, 4) is 28.7 Å². The maximum Gasteiger partial charge on any atom is 0.260 e. The lowest BCUT2D eigenvalue weighted by atomic mass is 10.1. The van der Waals surface area contributed by atoms with E-state index < -0.39 is 0 Å². The van der Waals surface area contributed by atoms with Crippen molar-refractivity contribution in [1.82, 2.24) is 15.1 Å². The molecule has 0 aliphatic rings. The minimum Gasteiger partial charge on any atom is -0.497 e. The third kappa shape index (κ3) is 2.55. The Kier molecular flexibility index (Phi) is 3.27. The fraction of sp³-hybridized carbons (Fsp3) is 0.133. The van der Waals surface area contributed by atoms with Crippen molar-refractivity contribution < 1.29 is 9.26 Å². The number of methoxy groups -OCH3 is 1. The highest BCUT2D eigenvalue weighted by molar-refractivity contribution is 5.72. The Morgan fingerprint density at radius 2 is 2.05 bits per heavy atom. The van der Waals surface area contributed by atoms with E-state index in [4.69, 9.17) is 15.0 Å². The molecule has 0 unspecified atom stereocenters. The van der Waals surface area contributed by atoms with E-state index in [1.807, 2.05) is 19.1 Å². The van der Waals surface area contributed by atoms with Gasteiger partial charge >= 0.3 is 0 Å². The zero-order valence-electron chi connectivity index (χ0n) is 11.7. The number of pyridine rings is 1. The lowest BCUT2D eigenvalue weighted by Gasteiger charge is -2.03. The molecule has 0 saturated carbocycles. The van der Waals surface area contributed by atoms with Crippen molar-refractivity contribution in [2.75, 3.05) is 12.8 Å². The maximum absolute atomic E-state index is 5.98. The van der Waals surface area contributed by atoms with E-state index in [1.54, 1.807) is 31.5 Å². The van der Waals surface area contributed by atoms with Crippen LogP contribution in [0.2, 0.25) is 0 Å². The lowest BCUT2D eigenvalue weighted by molar-refractivity contribution is 0.414. The third-order valence-corrected chi connectivity index (χ3v) is 3.06. The van der Waals surface area contributed by atoms with E-state index in [2.05, 4.69) is 15.1 Å². The van der Waals surface area contributed by atoms with Crippen LogP contribution in [0.3, 0.4) is 0 Å². The van der Waals surface area contributed by atoms with Crippen LogP contribution in [0, 0.1) is 6.92 Å². The van der Waals surface area contributed by atoms with E-state index in [0.717, 1.165) is 5.56 Å². The van der Waals surface area contributed by atoms with Crippen LogP contribution in [-0.4, -0.2) is 22.2 Å². The van der Waals surface area contributed by atoms with E-state index >= 15 is 0 Å². The molecule has 1 aromatic carbocycles. The highest BCUT2D eigenvalue weighted by Crippen LogP contribution is 2.29. The molecular formula is C15H14N4O2. The molecule has 0 fully saturated rings. The second-order valence-electron chi connectivity index (χ2n) is 4.59. The van der Waals surface area contributed by atoms with Gasteiger partial charge in [-0.25, -0.2) is 0 Å². The molecule has 0 atom stereocenters. The number of nitrogens with zero attached hydrogens (tertiary/aromatic N) is 3. The molecule has 2 heterocycles. The number of ether oxygens (including phenoxy) is 1. The first-order valence-electron chi connectivity index (χ1n) is 6.38. The summed E-state index contributed by atoms with van der Waals surface area (Å²) in [7, 11) is 1.59. The number of benzene rings is 1. The van der Waals surface area contributed by atoms with Crippen LogP contribution in [0.15, 0.2) is 41.1 Å². The van der Waals surface area contributed by atoms with Crippen LogP contribution in [0.4, 0.5) is 5.69 Å². The Labute approximate surface area is 121 Å². The van der Waals surface area contributed by atoms with E-state index in [1.165, 1.54) is 0 Å². The number of rotatable bonds is 3. The van der Waals surface area contributed by atoms with Gasteiger partial charge in [0.1, 0.15) is 11.4 Å². The molecule has 0 bridgehead atoms. The summed E-state index contributed by atoms with van der Waals surface area (Å²) in [6.07, 6.45) is 1.71. The average molecular weight is 282 g/mol. The first-order chi connectivity index (χ1) is 10.2.